The fourth-order valence-corrected chi connectivity index (χ4v) is 5.28. The zero-order chi connectivity index (χ0) is 15.7. The second kappa shape index (κ2) is 6.17. The maximum Gasteiger partial charge on any atom is 0.264 e. The van der Waals surface area contributed by atoms with Gasteiger partial charge in [-0.25, -0.2) is 8.42 Å². The van der Waals surface area contributed by atoms with Crippen LogP contribution in [0.5, 0.6) is 0 Å². The minimum absolute atomic E-state index is 0.0198. The minimum Gasteiger partial charge on any atom is -0.452 e. The summed E-state index contributed by atoms with van der Waals surface area (Å²) in [5.41, 5.74) is 0. The van der Waals surface area contributed by atoms with E-state index < -0.39 is 9.84 Å². The van der Waals surface area contributed by atoms with Crippen molar-refractivity contribution in [3.63, 3.8) is 0 Å². The Morgan fingerprint density at radius 3 is 2.77 bits per heavy atom. The molecule has 0 radical (unpaired) electrons. The molecule has 0 bridgehead atoms. The number of carbonyl (C=O) groups is 1. The van der Waals surface area contributed by atoms with Gasteiger partial charge in [0.15, 0.2) is 14.5 Å². The quantitative estimate of drug-likeness (QED) is 0.786. The zero-order valence-corrected chi connectivity index (χ0v) is 14.8. The van der Waals surface area contributed by atoms with E-state index in [-0.39, 0.29) is 30.0 Å². The summed E-state index contributed by atoms with van der Waals surface area (Å²) in [6.45, 7) is 0.266. The van der Waals surface area contributed by atoms with Crippen molar-refractivity contribution < 1.29 is 17.6 Å². The van der Waals surface area contributed by atoms with Crippen LogP contribution in [0.3, 0.4) is 0 Å². The Labute approximate surface area is 141 Å². The smallest absolute Gasteiger partial charge is 0.264 e. The van der Waals surface area contributed by atoms with Gasteiger partial charge >= 0.3 is 0 Å². The van der Waals surface area contributed by atoms with Crippen LogP contribution in [0.15, 0.2) is 38.7 Å². The number of sulfone groups is 1. The molecule has 22 heavy (non-hydrogen) atoms. The second-order valence-electron chi connectivity index (χ2n) is 5.17. The molecule has 0 saturated carbocycles. The van der Waals surface area contributed by atoms with Crippen LogP contribution >= 0.6 is 27.3 Å². The maximum absolute atomic E-state index is 12.7. The molecule has 8 heteroatoms. The molecule has 3 heterocycles. The lowest BCUT2D eigenvalue weighted by Gasteiger charge is -2.27. The molecular formula is C14H14BrNO4S2. The summed E-state index contributed by atoms with van der Waals surface area (Å²) < 4.78 is 29.5. The lowest BCUT2D eigenvalue weighted by atomic mass is 10.2. The lowest BCUT2D eigenvalue weighted by molar-refractivity contribution is 0.0670. The SMILES string of the molecule is O=C(c1cccs1)N(Cc1ccc(Br)o1)[C@@H]1CCS(=O)(=O)C1. The number of halogens is 1. The highest BCUT2D eigenvalue weighted by Gasteiger charge is 2.35. The molecule has 0 spiro atoms. The highest BCUT2D eigenvalue weighted by Crippen LogP contribution is 2.25. The van der Waals surface area contributed by atoms with Gasteiger partial charge in [-0.05, 0) is 45.9 Å². The van der Waals surface area contributed by atoms with Gasteiger partial charge in [-0.1, -0.05) is 6.07 Å². The number of amides is 1. The van der Waals surface area contributed by atoms with Gasteiger partial charge in [-0.2, -0.15) is 0 Å². The lowest BCUT2D eigenvalue weighted by Crippen LogP contribution is -2.40. The predicted molar refractivity (Wildman–Crippen MR) is 87.7 cm³/mol. The first-order valence-corrected chi connectivity index (χ1v) is 10.2. The molecule has 0 unspecified atom stereocenters. The van der Waals surface area contributed by atoms with Gasteiger partial charge < -0.3 is 9.32 Å². The summed E-state index contributed by atoms with van der Waals surface area (Å²) in [5, 5.41) is 1.83. The largest absolute Gasteiger partial charge is 0.452 e. The summed E-state index contributed by atoms with van der Waals surface area (Å²) >= 11 is 4.59. The average molecular weight is 404 g/mol. The van der Waals surface area contributed by atoms with Crippen LogP contribution in [0.4, 0.5) is 0 Å². The number of furan rings is 1. The Morgan fingerprint density at radius 1 is 1.41 bits per heavy atom. The predicted octanol–water partition coefficient (Wildman–Crippen LogP) is 2.93. The minimum atomic E-state index is -3.06. The van der Waals surface area contributed by atoms with Gasteiger partial charge in [-0.3, -0.25) is 4.79 Å². The topological polar surface area (TPSA) is 67.6 Å². The van der Waals surface area contributed by atoms with Crippen molar-refractivity contribution in [1.29, 1.82) is 0 Å². The van der Waals surface area contributed by atoms with E-state index in [2.05, 4.69) is 15.9 Å². The number of hydrogen-bond acceptors (Lipinski definition) is 5. The van der Waals surface area contributed by atoms with E-state index in [0.29, 0.717) is 21.7 Å². The molecule has 5 nitrogen and oxygen atoms in total. The van der Waals surface area contributed by atoms with Crippen LogP contribution in [0.2, 0.25) is 0 Å². The number of thiophene rings is 1. The normalized spacial score (nSPS) is 20.1. The number of hydrogen-bond donors (Lipinski definition) is 0. The van der Waals surface area contributed by atoms with Crippen molar-refractivity contribution in [2.75, 3.05) is 11.5 Å². The monoisotopic (exact) mass is 403 g/mol. The molecule has 2 aromatic heterocycles. The van der Waals surface area contributed by atoms with Gasteiger partial charge in [0.25, 0.3) is 5.91 Å². The van der Waals surface area contributed by atoms with Crippen molar-refractivity contribution >= 4 is 43.0 Å². The third kappa shape index (κ3) is 3.44. The van der Waals surface area contributed by atoms with Gasteiger partial charge in [0.2, 0.25) is 0 Å². The van der Waals surface area contributed by atoms with E-state index >= 15 is 0 Å². The highest BCUT2D eigenvalue weighted by atomic mass is 79.9. The van der Waals surface area contributed by atoms with Crippen molar-refractivity contribution in [3.05, 3.63) is 45.0 Å². The Hall–Kier alpha value is -1.12. The molecule has 0 aromatic carbocycles. The van der Waals surface area contributed by atoms with E-state index in [1.807, 2.05) is 11.4 Å². The Bertz CT molecular complexity index is 767. The van der Waals surface area contributed by atoms with E-state index in [1.165, 1.54) is 11.3 Å². The standard InChI is InChI=1S/C14H14BrNO4S2/c15-13-4-3-11(20-13)8-16(10-5-7-22(18,19)9-10)14(17)12-2-1-6-21-12/h1-4,6,10H,5,7-9H2/t10-/m1/s1. The first kappa shape index (κ1) is 15.8. The average Bonchev–Trinajstić information content (AvgIpc) is 3.17. The van der Waals surface area contributed by atoms with Crippen LogP contribution in [0.1, 0.15) is 21.9 Å². The molecular weight excluding hydrogens is 390 g/mol. The fraction of sp³-hybridized carbons (Fsp3) is 0.357. The van der Waals surface area contributed by atoms with E-state index in [4.69, 9.17) is 4.42 Å². The van der Waals surface area contributed by atoms with Gasteiger partial charge in [0.1, 0.15) is 5.76 Å². The first-order chi connectivity index (χ1) is 10.4. The van der Waals surface area contributed by atoms with E-state index in [0.717, 1.165) is 0 Å². The Balaban J connectivity index is 1.86. The molecule has 1 atom stereocenters. The summed E-state index contributed by atoms with van der Waals surface area (Å²) in [6, 6.07) is 6.80. The summed E-state index contributed by atoms with van der Waals surface area (Å²) in [5.74, 6) is 0.630. The molecule has 1 aliphatic heterocycles. The first-order valence-electron chi connectivity index (χ1n) is 6.74. The summed E-state index contributed by atoms with van der Waals surface area (Å²) in [6.07, 6.45) is 0.474. The molecule has 2 aromatic rings. The summed E-state index contributed by atoms with van der Waals surface area (Å²) in [7, 11) is -3.06. The van der Waals surface area contributed by atoms with E-state index in [9.17, 15) is 13.2 Å². The van der Waals surface area contributed by atoms with Crippen LogP contribution < -0.4 is 0 Å². The third-order valence-electron chi connectivity index (χ3n) is 3.60. The molecule has 3 rings (SSSR count). The molecule has 118 valence electrons. The molecule has 1 saturated heterocycles. The fourth-order valence-electron chi connectivity index (χ4n) is 2.53. The van der Waals surface area contributed by atoms with Gasteiger partial charge in [0, 0.05) is 6.04 Å². The third-order valence-corrected chi connectivity index (χ3v) is 6.63. The van der Waals surface area contributed by atoms with Crippen molar-refractivity contribution in [1.82, 2.24) is 4.90 Å². The number of nitrogens with zero attached hydrogens (tertiary/aromatic N) is 1. The molecule has 0 N–H and O–H groups in total. The Kier molecular flexibility index (Phi) is 4.42. The number of carbonyl (C=O) groups excluding carboxylic acids is 1. The zero-order valence-electron chi connectivity index (χ0n) is 11.6. The second-order valence-corrected chi connectivity index (χ2v) is 9.13. The maximum atomic E-state index is 12.7. The molecule has 1 aliphatic rings. The van der Waals surface area contributed by atoms with Crippen molar-refractivity contribution in [2.45, 2.75) is 19.0 Å². The van der Waals surface area contributed by atoms with Crippen molar-refractivity contribution in [2.24, 2.45) is 0 Å². The van der Waals surface area contributed by atoms with Gasteiger partial charge in [-0.15, -0.1) is 11.3 Å². The highest BCUT2D eigenvalue weighted by molar-refractivity contribution is 9.10. The summed E-state index contributed by atoms with van der Waals surface area (Å²) in [4.78, 5) is 14.9. The molecule has 0 aliphatic carbocycles. The van der Waals surface area contributed by atoms with Crippen LogP contribution in [-0.4, -0.2) is 36.8 Å². The Morgan fingerprint density at radius 2 is 2.23 bits per heavy atom. The van der Waals surface area contributed by atoms with Crippen LogP contribution in [0.25, 0.3) is 0 Å². The molecule has 1 amide bonds. The van der Waals surface area contributed by atoms with Crippen LogP contribution in [0, 0.1) is 0 Å². The van der Waals surface area contributed by atoms with Gasteiger partial charge in [0.05, 0.1) is 22.9 Å². The molecule has 1 fully saturated rings. The number of rotatable bonds is 4. The van der Waals surface area contributed by atoms with E-state index in [1.54, 1.807) is 23.1 Å². The van der Waals surface area contributed by atoms with Crippen molar-refractivity contribution in [3.8, 4) is 0 Å². The van der Waals surface area contributed by atoms with Crippen LogP contribution in [-0.2, 0) is 16.4 Å².